The molecular weight excluding hydrogens is 298 g/mol. The summed E-state index contributed by atoms with van der Waals surface area (Å²) in [5.41, 5.74) is -0.164. The lowest BCUT2D eigenvalue weighted by molar-refractivity contribution is -0.384. The molecule has 0 radical (unpaired) electrons. The first-order valence-corrected chi connectivity index (χ1v) is 7.28. The molecule has 0 aliphatic carbocycles. The van der Waals surface area contributed by atoms with Crippen molar-refractivity contribution in [2.45, 2.75) is 11.4 Å². The molecule has 0 bridgehead atoms. The number of pyridine rings is 1. The van der Waals surface area contributed by atoms with Crippen LogP contribution in [-0.4, -0.2) is 18.3 Å². The number of nitro groups is 1. The minimum Gasteiger partial charge on any atom is -0.366 e. The molecule has 1 heterocycles. The summed E-state index contributed by atoms with van der Waals surface area (Å²) in [5.74, 6) is 0. The van der Waals surface area contributed by atoms with Crippen molar-refractivity contribution in [3.05, 3.63) is 68.6 Å². The second kappa shape index (κ2) is 5.85. The summed E-state index contributed by atoms with van der Waals surface area (Å²) >= 11 is 0. The maximum Gasteiger partial charge on any atom is 0.269 e. The van der Waals surface area contributed by atoms with Crippen molar-refractivity contribution in [3.63, 3.8) is 0 Å². The largest absolute Gasteiger partial charge is 0.366 e. The zero-order valence-corrected chi connectivity index (χ0v) is 11.5. The summed E-state index contributed by atoms with van der Waals surface area (Å²) in [6, 6.07) is 6.55. The number of non-ortho nitro benzene ring substituents is 1. The average Bonchev–Trinajstić information content (AvgIpc) is 2.46. The van der Waals surface area contributed by atoms with Crippen LogP contribution in [0.2, 0.25) is 0 Å². The Labute approximate surface area is 119 Å². The molecule has 0 aliphatic rings. The van der Waals surface area contributed by atoms with E-state index in [1.54, 1.807) is 0 Å². The van der Waals surface area contributed by atoms with Gasteiger partial charge in [-0.2, -0.15) is 0 Å². The van der Waals surface area contributed by atoms with Gasteiger partial charge in [-0.3, -0.25) is 14.9 Å². The number of hydrogen-bond acceptors (Lipinski definition) is 5. The zero-order valence-electron chi connectivity index (χ0n) is 10.6. The summed E-state index contributed by atoms with van der Waals surface area (Å²) in [5, 5.41) is 10.5. The smallest absolute Gasteiger partial charge is 0.269 e. The van der Waals surface area contributed by atoms with Crippen LogP contribution in [0.1, 0.15) is 5.56 Å². The number of rotatable bonds is 5. The number of hydrogen-bond donors (Lipinski definition) is 2. The molecule has 0 fully saturated rings. The number of nitro benzene ring substituents is 1. The molecule has 8 nitrogen and oxygen atoms in total. The maximum absolute atomic E-state index is 12.0. The SMILES string of the molecule is O=c1cc[nH]cc1S(=O)(=O)NCc1ccc([N+](=O)[O-])cc1. The highest BCUT2D eigenvalue weighted by Gasteiger charge is 2.17. The Kier molecular flexibility index (Phi) is 4.15. The number of aromatic amines is 1. The van der Waals surface area contributed by atoms with Gasteiger partial charge >= 0.3 is 0 Å². The van der Waals surface area contributed by atoms with Gasteiger partial charge in [0.1, 0.15) is 4.90 Å². The summed E-state index contributed by atoms with van der Waals surface area (Å²) in [6.07, 6.45) is 2.43. The quantitative estimate of drug-likeness (QED) is 0.623. The molecule has 1 aromatic carbocycles. The van der Waals surface area contributed by atoms with E-state index >= 15 is 0 Å². The van der Waals surface area contributed by atoms with Gasteiger partial charge in [-0.25, -0.2) is 13.1 Å². The Morgan fingerprint density at radius 3 is 2.43 bits per heavy atom. The molecule has 0 atom stereocenters. The van der Waals surface area contributed by atoms with Crippen molar-refractivity contribution in [2.75, 3.05) is 0 Å². The summed E-state index contributed by atoms with van der Waals surface area (Å²) in [7, 11) is -3.94. The van der Waals surface area contributed by atoms with E-state index in [0.29, 0.717) is 5.56 Å². The fourth-order valence-electron chi connectivity index (χ4n) is 1.60. The van der Waals surface area contributed by atoms with Gasteiger partial charge in [-0.05, 0) is 5.56 Å². The first-order valence-electron chi connectivity index (χ1n) is 5.80. The number of benzene rings is 1. The molecule has 2 aromatic rings. The van der Waals surface area contributed by atoms with E-state index in [-0.39, 0.29) is 17.1 Å². The fraction of sp³-hybridized carbons (Fsp3) is 0.0833. The van der Waals surface area contributed by atoms with Crippen LogP contribution in [0, 0.1) is 10.1 Å². The van der Waals surface area contributed by atoms with Crippen LogP contribution < -0.4 is 10.2 Å². The van der Waals surface area contributed by atoms with Gasteiger partial charge in [0.2, 0.25) is 15.5 Å². The van der Waals surface area contributed by atoms with Crippen molar-refractivity contribution in [1.29, 1.82) is 0 Å². The first-order chi connectivity index (χ1) is 9.90. The molecule has 0 saturated heterocycles. The number of aromatic nitrogens is 1. The third-order valence-corrected chi connectivity index (χ3v) is 4.11. The summed E-state index contributed by atoms with van der Waals surface area (Å²) in [4.78, 5) is 23.6. The molecule has 9 heteroatoms. The van der Waals surface area contributed by atoms with Gasteiger partial charge in [-0.1, -0.05) is 12.1 Å². The van der Waals surface area contributed by atoms with Crippen LogP contribution in [0.5, 0.6) is 0 Å². The van der Waals surface area contributed by atoms with Gasteiger partial charge < -0.3 is 4.98 Å². The standard InChI is InChI=1S/C12H11N3O5S/c16-11-5-6-13-8-12(11)21(19,20)14-7-9-1-3-10(4-2-9)15(17)18/h1-6,8,14H,7H2,(H,13,16). The summed E-state index contributed by atoms with van der Waals surface area (Å²) < 4.78 is 26.2. The van der Waals surface area contributed by atoms with E-state index in [1.165, 1.54) is 30.5 Å². The third-order valence-electron chi connectivity index (χ3n) is 2.69. The van der Waals surface area contributed by atoms with Gasteiger partial charge in [0, 0.05) is 37.1 Å². The van der Waals surface area contributed by atoms with E-state index in [9.17, 15) is 23.3 Å². The Bertz CT molecular complexity index is 811. The normalized spacial score (nSPS) is 11.2. The molecule has 1 aromatic heterocycles. The van der Waals surface area contributed by atoms with Crippen LogP contribution in [0.4, 0.5) is 5.69 Å². The number of nitrogens with zero attached hydrogens (tertiary/aromatic N) is 1. The molecule has 0 saturated carbocycles. The van der Waals surface area contributed by atoms with Crippen LogP contribution in [-0.2, 0) is 16.6 Å². The van der Waals surface area contributed by atoms with Crippen LogP contribution in [0.3, 0.4) is 0 Å². The highest BCUT2D eigenvalue weighted by molar-refractivity contribution is 7.89. The minimum atomic E-state index is -3.94. The average molecular weight is 309 g/mol. The summed E-state index contributed by atoms with van der Waals surface area (Å²) in [6.45, 7) is -0.0747. The van der Waals surface area contributed by atoms with E-state index in [4.69, 9.17) is 0 Å². The highest BCUT2D eigenvalue weighted by atomic mass is 32.2. The van der Waals surface area contributed by atoms with E-state index in [2.05, 4.69) is 9.71 Å². The molecule has 2 rings (SSSR count). The first kappa shape index (κ1) is 14.9. The number of nitrogens with one attached hydrogen (secondary N) is 2. The molecule has 110 valence electrons. The molecule has 2 N–H and O–H groups in total. The number of H-pyrrole nitrogens is 1. The Balaban J connectivity index is 2.14. The molecule has 0 aliphatic heterocycles. The zero-order chi connectivity index (χ0) is 15.5. The van der Waals surface area contributed by atoms with Crippen LogP contribution >= 0.6 is 0 Å². The van der Waals surface area contributed by atoms with E-state index in [0.717, 1.165) is 12.3 Å². The van der Waals surface area contributed by atoms with Gasteiger partial charge in [0.25, 0.3) is 5.69 Å². The van der Waals surface area contributed by atoms with Gasteiger partial charge in [-0.15, -0.1) is 0 Å². The number of sulfonamides is 1. The monoisotopic (exact) mass is 309 g/mol. The lowest BCUT2D eigenvalue weighted by Crippen LogP contribution is -2.27. The van der Waals surface area contributed by atoms with Crippen LogP contribution in [0.25, 0.3) is 0 Å². The highest BCUT2D eigenvalue weighted by Crippen LogP contribution is 2.12. The van der Waals surface area contributed by atoms with Crippen molar-refractivity contribution < 1.29 is 13.3 Å². The predicted molar refractivity (Wildman–Crippen MR) is 74.2 cm³/mol. The third kappa shape index (κ3) is 3.52. The molecule has 21 heavy (non-hydrogen) atoms. The molecule has 0 unspecified atom stereocenters. The van der Waals surface area contributed by atoms with Gasteiger partial charge in [0.15, 0.2) is 0 Å². The second-order valence-electron chi connectivity index (χ2n) is 4.12. The van der Waals surface area contributed by atoms with Crippen molar-refractivity contribution in [3.8, 4) is 0 Å². The lowest BCUT2D eigenvalue weighted by Gasteiger charge is -2.05. The Morgan fingerprint density at radius 2 is 1.86 bits per heavy atom. The second-order valence-corrected chi connectivity index (χ2v) is 5.86. The van der Waals surface area contributed by atoms with Gasteiger partial charge in [0.05, 0.1) is 4.92 Å². The Hall–Kier alpha value is -2.52. The van der Waals surface area contributed by atoms with E-state index < -0.39 is 20.4 Å². The van der Waals surface area contributed by atoms with Crippen molar-refractivity contribution in [2.24, 2.45) is 0 Å². The molecule has 0 spiro atoms. The topological polar surface area (TPSA) is 122 Å². The molecule has 0 amide bonds. The molecular formula is C12H11N3O5S. The predicted octanol–water partition coefficient (Wildman–Crippen LogP) is 0.762. The van der Waals surface area contributed by atoms with E-state index in [1.807, 2.05) is 0 Å². The van der Waals surface area contributed by atoms with Crippen molar-refractivity contribution >= 4 is 15.7 Å². The van der Waals surface area contributed by atoms with Crippen LogP contribution in [0.15, 0.2) is 52.4 Å². The fourth-order valence-corrected chi connectivity index (χ4v) is 2.67. The minimum absolute atomic E-state index is 0.0747. The maximum atomic E-state index is 12.0. The Morgan fingerprint density at radius 1 is 1.19 bits per heavy atom. The van der Waals surface area contributed by atoms with Crippen molar-refractivity contribution in [1.82, 2.24) is 9.71 Å². The lowest BCUT2D eigenvalue weighted by atomic mass is 10.2.